The molecular weight excluding hydrogens is 260 g/mol. The summed E-state index contributed by atoms with van der Waals surface area (Å²) in [5.41, 5.74) is 0.734. The lowest BCUT2D eigenvalue weighted by Crippen LogP contribution is -2.10. The zero-order valence-electron chi connectivity index (χ0n) is 13.9. The number of rotatable bonds is 11. The predicted octanol–water partition coefficient (Wildman–Crippen LogP) is 5.80. The lowest BCUT2D eigenvalue weighted by molar-refractivity contribution is 0.0973. The van der Waals surface area contributed by atoms with Gasteiger partial charge in [-0.2, -0.15) is 0 Å². The van der Waals surface area contributed by atoms with Gasteiger partial charge in [0, 0.05) is 6.42 Å². The van der Waals surface area contributed by atoms with Gasteiger partial charge in [0.15, 0.2) is 5.78 Å². The molecule has 21 heavy (non-hydrogen) atoms. The van der Waals surface area contributed by atoms with Crippen LogP contribution in [0.25, 0.3) is 0 Å². The molecule has 1 rings (SSSR count). The van der Waals surface area contributed by atoms with Crippen LogP contribution in [0.2, 0.25) is 0 Å². The van der Waals surface area contributed by atoms with Crippen molar-refractivity contribution < 1.29 is 9.53 Å². The van der Waals surface area contributed by atoms with Crippen LogP contribution >= 0.6 is 0 Å². The molecule has 0 aliphatic heterocycles. The minimum atomic E-state index is 0.0949. The first kappa shape index (κ1) is 17.7. The summed E-state index contributed by atoms with van der Waals surface area (Å²) in [6, 6.07) is 7.59. The molecule has 0 atom stereocenters. The van der Waals surface area contributed by atoms with Gasteiger partial charge in [-0.25, -0.2) is 0 Å². The molecule has 0 bridgehead atoms. The molecule has 0 saturated carbocycles. The van der Waals surface area contributed by atoms with E-state index >= 15 is 0 Å². The van der Waals surface area contributed by atoms with Crippen LogP contribution in [-0.4, -0.2) is 11.9 Å². The predicted molar refractivity (Wildman–Crippen MR) is 89.1 cm³/mol. The third-order valence-electron chi connectivity index (χ3n) is 3.56. The molecule has 0 fully saturated rings. The van der Waals surface area contributed by atoms with Crippen LogP contribution in [0.4, 0.5) is 0 Å². The van der Waals surface area contributed by atoms with E-state index in [2.05, 4.69) is 6.92 Å². The van der Waals surface area contributed by atoms with Gasteiger partial charge in [0.25, 0.3) is 0 Å². The Hall–Kier alpha value is -1.31. The van der Waals surface area contributed by atoms with Crippen molar-refractivity contribution in [1.82, 2.24) is 0 Å². The third-order valence-corrected chi connectivity index (χ3v) is 3.56. The first-order valence-electron chi connectivity index (χ1n) is 8.44. The first-order valence-corrected chi connectivity index (χ1v) is 8.44. The molecule has 2 nitrogen and oxygen atoms in total. The van der Waals surface area contributed by atoms with Gasteiger partial charge >= 0.3 is 0 Å². The van der Waals surface area contributed by atoms with Gasteiger partial charge in [0.1, 0.15) is 5.75 Å². The highest BCUT2D eigenvalue weighted by Crippen LogP contribution is 2.22. The van der Waals surface area contributed by atoms with Crippen LogP contribution in [0.15, 0.2) is 24.3 Å². The van der Waals surface area contributed by atoms with E-state index in [1.165, 1.54) is 32.1 Å². The van der Waals surface area contributed by atoms with Gasteiger partial charge in [-0.05, 0) is 32.4 Å². The molecule has 0 unspecified atom stereocenters. The van der Waals surface area contributed by atoms with Crippen molar-refractivity contribution in [3.05, 3.63) is 29.8 Å². The maximum absolute atomic E-state index is 12.3. The average Bonchev–Trinajstić information content (AvgIpc) is 2.46. The average molecular weight is 290 g/mol. The Morgan fingerprint density at radius 3 is 2.29 bits per heavy atom. The van der Waals surface area contributed by atoms with Gasteiger partial charge < -0.3 is 4.74 Å². The highest BCUT2D eigenvalue weighted by Gasteiger charge is 2.12. The largest absolute Gasteiger partial charge is 0.490 e. The van der Waals surface area contributed by atoms with E-state index in [0.717, 1.165) is 24.2 Å². The van der Waals surface area contributed by atoms with Gasteiger partial charge in [0.05, 0.1) is 11.7 Å². The third kappa shape index (κ3) is 7.31. The van der Waals surface area contributed by atoms with E-state index in [4.69, 9.17) is 4.74 Å². The van der Waals surface area contributed by atoms with E-state index < -0.39 is 0 Å². The molecule has 0 amide bonds. The molecule has 0 aromatic heterocycles. The fourth-order valence-electron chi connectivity index (χ4n) is 2.43. The number of ether oxygens (including phenoxy) is 1. The minimum absolute atomic E-state index is 0.0949. The zero-order valence-corrected chi connectivity index (χ0v) is 13.9. The van der Waals surface area contributed by atoms with Crippen molar-refractivity contribution in [2.75, 3.05) is 0 Å². The van der Waals surface area contributed by atoms with Gasteiger partial charge in [-0.15, -0.1) is 0 Å². The Kier molecular flexibility index (Phi) is 8.80. The zero-order chi connectivity index (χ0) is 15.5. The number of carbonyl (C=O) groups is 1. The van der Waals surface area contributed by atoms with Crippen LogP contribution < -0.4 is 4.74 Å². The quantitative estimate of drug-likeness (QED) is 0.380. The second kappa shape index (κ2) is 10.4. The van der Waals surface area contributed by atoms with Crippen molar-refractivity contribution in [3.63, 3.8) is 0 Å². The molecule has 1 aromatic rings. The summed E-state index contributed by atoms with van der Waals surface area (Å²) in [6.45, 7) is 6.20. The molecule has 0 aliphatic rings. The van der Waals surface area contributed by atoms with Crippen molar-refractivity contribution in [1.29, 1.82) is 0 Å². The van der Waals surface area contributed by atoms with Crippen LogP contribution in [0.3, 0.4) is 0 Å². The molecule has 2 heteroatoms. The molecule has 1 aromatic carbocycles. The Morgan fingerprint density at radius 1 is 1.00 bits per heavy atom. The maximum Gasteiger partial charge on any atom is 0.166 e. The summed E-state index contributed by atoms with van der Waals surface area (Å²) in [5.74, 6) is 0.931. The second-order valence-electron chi connectivity index (χ2n) is 5.96. The van der Waals surface area contributed by atoms with E-state index in [1.54, 1.807) is 0 Å². The van der Waals surface area contributed by atoms with Crippen molar-refractivity contribution in [2.45, 2.75) is 78.2 Å². The molecule has 0 radical (unpaired) electrons. The van der Waals surface area contributed by atoms with Crippen LogP contribution in [0.5, 0.6) is 5.75 Å². The van der Waals surface area contributed by atoms with Crippen molar-refractivity contribution in [2.24, 2.45) is 0 Å². The molecule has 0 spiro atoms. The summed E-state index contributed by atoms with van der Waals surface area (Å²) in [6.07, 6.45) is 9.36. The monoisotopic (exact) mass is 290 g/mol. The highest BCUT2D eigenvalue weighted by molar-refractivity contribution is 5.98. The molecule has 118 valence electrons. The SMILES string of the molecule is CCCCCCCCCC(=O)c1ccccc1OC(C)C. The Labute approximate surface area is 129 Å². The van der Waals surface area contributed by atoms with Gasteiger partial charge in [0.2, 0.25) is 0 Å². The Morgan fingerprint density at radius 2 is 1.62 bits per heavy atom. The smallest absolute Gasteiger partial charge is 0.166 e. The van der Waals surface area contributed by atoms with Crippen molar-refractivity contribution >= 4 is 5.78 Å². The fraction of sp³-hybridized carbons (Fsp3) is 0.632. The number of hydrogen-bond donors (Lipinski definition) is 0. The molecule has 0 saturated heterocycles. The molecule has 0 heterocycles. The summed E-state index contributed by atoms with van der Waals surface area (Å²) in [7, 11) is 0. The van der Waals surface area contributed by atoms with Crippen LogP contribution in [-0.2, 0) is 0 Å². The lowest BCUT2D eigenvalue weighted by Gasteiger charge is -2.13. The summed E-state index contributed by atoms with van der Waals surface area (Å²) in [5, 5.41) is 0. The summed E-state index contributed by atoms with van der Waals surface area (Å²) in [4.78, 5) is 12.3. The molecule has 0 N–H and O–H groups in total. The minimum Gasteiger partial charge on any atom is -0.490 e. The number of unbranched alkanes of at least 4 members (excludes halogenated alkanes) is 6. The standard InChI is InChI=1S/C19H30O2/c1-4-5-6-7-8-9-10-14-18(20)17-13-11-12-15-19(17)21-16(2)3/h11-13,15-16H,4-10,14H2,1-3H3. The Bertz CT molecular complexity index is 410. The van der Waals surface area contributed by atoms with Gasteiger partial charge in [-0.1, -0.05) is 57.6 Å². The number of para-hydroxylation sites is 1. The number of ketones is 1. The van der Waals surface area contributed by atoms with Crippen LogP contribution in [0, 0.1) is 0 Å². The number of benzene rings is 1. The van der Waals surface area contributed by atoms with E-state index in [9.17, 15) is 4.79 Å². The fourth-order valence-corrected chi connectivity index (χ4v) is 2.43. The highest BCUT2D eigenvalue weighted by atomic mass is 16.5. The van der Waals surface area contributed by atoms with Gasteiger partial charge in [-0.3, -0.25) is 4.79 Å². The van der Waals surface area contributed by atoms with E-state index in [1.807, 2.05) is 38.1 Å². The van der Waals surface area contributed by atoms with E-state index in [-0.39, 0.29) is 11.9 Å². The second-order valence-corrected chi connectivity index (χ2v) is 5.96. The summed E-state index contributed by atoms with van der Waals surface area (Å²) < 4.78 is 5.72. The Balaban J connectivity index is 2.35. The molecular formula is C19H30O2. The normalized spacial score (nSPS) is 10.9. The first-order chi connectivity index (χ1) is 10.1. The number of hydrogen-bond acceptors (Lipinski definition) is 2. The van der Waals surface area contributed by atoms with Crippen LogP contribution in [0.1, 0.15) is 82.5 Å². The number of Topliss-reactive ketones (excluding diaryl/α,β-unsaturated/α-hetero) is 1. The lowest BCUT2D eigenvalue weighted by atomic mass is 10.0. The summed E-state index contributed by atoms with van der Waals surface area (Å²) >= 11 is 0. The van der Waals surface area contributed by atoms with Crippen molar-refractivity contribution in [3.8, 4) is 5.75 Å². The maximum atomic E-state index is 12.3. The topological polar surface area (TPSA) is 26.3 Å². The number of carbonyl (C=O) groups excluding carboxylic acids is 1. The molecule has 0 aliphatic carbocycles. The van der Waals surface area contributed by atoms with E-state index in [0.29, 0.717) is 6.42 Å².